The maximum atomic E-state index is 2.66. The second kappa shape index (κ2) is 16.8. The molecule has 14 rings (SSSR count). The Morgan fingerprint density at radius 1 is 0.380 bits per heavy atom. The molecule has 0 N–H and O–H groups in total. The number of rotatable bonds is 8. The van der Waals surface area contributed by atoms with Crippen LogP contribution in [0.5, 0.6) is 0 Å². The Morgan fingerprint density at radius 2 is 0.930 bits per heavy atom. The van der Waals surface area contributed by atoms with Gasteiger partial charge in [0.15, 0.2) is 0 Å². The van der Waals surface area contributed by atoms with Crippen molar-refractivity contribution in [3.8, 4) is 33.4 Å². The highest BCUT2D eigenvalue weighted by Crippen LogP contribution is 2.58. The number of anilines is 2. The van der Waals surface area contributed by atoms with Crippen LogP contribution in [0.3, 0.4) is 0 Å². The second-order valence-electron chi connectivity index (χ2n) is 19.1. The lowest BCUT2D eigenvalue weighted by Gasteiger charge is -2.38. The minimum Gasteiger partial charge on any atom is -0.334 e. The standard InChI is InChI=1S/C69H47NS/c1-3-20-53(21-4-1)69(54-22-5-2-6-23-54)63-28-13-11-25-59(63)60-41-40-56(45-64(60)69)70(55-38-36-48(37-39-55)47-30-32-49(33-31-47)52-35-34-46-16-7-8-18-51(46)44-52)65-43-42-61(58-27-15-19-50-17-9-10-24-57(50)58)68-67(65)62-26-12-14-29-66(62)71-68/h1-42,44-45,65H,43H2. The first kappa shape index (κ1) is 41.4. The summed E-state index contributed by atoms with van der Waals surface area (Å²) in [6.45, 7) is 0. The molecule has 2 aliphatic rings. The number of nitrogens with zero attached hydrogens (tertiary/aromatic N) is 1. The molecule has 0 spiro atoms. The van der Waals surface area contributed by atoms with E-state index >= 15 is 0 Å². The lowest BCUT2D eigenvalue weighted by atomic mass is 9.67. The molecule has 11 aromatic carbocycles. The molecule has 71 heavy (non-hydrogen) atoms. The van der Waals surface area contributed by atoms with Crippen LogP contribution in [0.2, 0.25) is 0 Å². The van der Waals surface area contributed by atoms with Crippen molar-refractivity contribution in [1.29, 1.82) is 0 Å². The van der Waals surface area contributed by atoms with Crippen molar-refractivity contribution >= 4 is 59.9 Å². The molecule has 0 bridgehead atoms. The van der Waals surface area contributed by atoms with E-state index in [1.54, 1.807) is 0 Å². The van der Waals surface area contributed by atoms with E-state index in [2.05, 4.69) is 272 Å². The third-order valence-electron chi connectivity index (χ3n) is 15.3. The lowest BCUT2D eigenvalue weighted by Crippen LogP contribution is -2.29. The van der Waals surface area contributed by atoms with Gasteiger partial charge in [-0.05, 0) is 137 Å². The topological polar surface area (TPSA) is 3.24 Å². The van der Waals surface area contributed by atoms with Gasteiger partial charge in [-0.2, -0.15) is 0 Å². The quantitative estimate of drug-likeness (QED) is 0.147. The molecule has 0 fully saturated rings. The molecule has 2 aliphatic carbocycles. The molecule has 12 aromatic rings. The lowest BCUT2D eigenvalue weighted by molar-refractivity contribution is 0.706. The van der Waals surface area contributed by atoms with Crippen LogP contribution in [0.1, 0.15) is 50.7 Å². The molecule has 1 aromatic heterocycles. The zero-order chi connectivity index (χ0) is 46.9. The van der Waals surface area contributed by atoms with Crippen molar-refractivity contribution in [1.82, 2.24) is 0 Å². The van der Waals surface area contributed by atoms with Gasteiger partial charge in [0, 0.05) is 26.5 Å². The molecule has 2 heteroatoms. The first-order chi connectivity index (χ1) is 35.2. The summed E-state index contributed by atoms with van der Waals surface area (Å²) in [7, 11) is 0. The van der Waals surface area contributed by atoms with Crippen LogP contribution in [-0.2, 0) is 5.41 Å². The molecule has 1 atom stereocenters. The monoisotopic (exact) mass is 921 g/mol. The number of benzene rings is 11. The largest absolute Gasteiger partial charge is 0.334 e. The van der Waals surface area contributed by atoms with Gasteiger partial charge in [0.2, 0.25) is 0 Å². The van der Waals surface area contributed by atoms with Gasteiger partial charge in [0.05, 0.1) is 11.5 Å². The van der Waals surface area contributed by atoms with E-state index in [9.17, 15) is 0 Å². The normalized spacial score (nSPS) is 14.5. The number of hydrogen-bond donors (Lipinski definition) is 0. The molecule has 0 amide bonds. The summed E-state index contributed by atoms with van der Waals surface area (Å²) in [6.07, 6.45) is 3.37. The number of fused-ring (bicyclic) bond motifs is 8. The Hall–Kier alpha value is -8.56. The minimum absolute atomic E-state index is 0.0108. The van der Waals surface area contributed by atoms with E-state index in [1.807, 2.05) is 11.3 Å². The SMILES string of the molecule is C1=C(c2cccc3ccccc23)c2sc3ccccc3c2C(N(c2ccc(-c3ccc(-c4ccc5ccccc5c4)cc3)cc2)c2ccc3c(c2)C(c2ccccc2)(c2ccccc2)c2ccccc2-3)C1. The Kier molecular flexibility index (Phi) is 9.82. The number of thiophene rings is 1. The van der Waals surface area contributed by atoms with E-state index in [0.29, 0.717) is 0 Å². The van der Waals surface area contributed by atoms with E-state index in [1.165, 1.54) is 115 Å². The van der Waals surface area contributed by atoms with Gasteiger partial charge in [-0.1, -0.05) is 231 Å². The summed E-state index contributed by atoms with van der Waals surface area (Å²) < 4.78 is 1.31. The highest BCUT2D eigenvalue weighted by Gasteiger charge is 2.46. The van der Waals surface area contributed by atoms with Gasteiger partial charge >= 0.3 is 0 Å². The van der Waals surface area contributed by atoms with Crippen molar-refractivity contribution in [2.45, 2.75) is 17.9 Å². The van der Waals surface area contributed by atoms with Crippen LogP contribution in [0.4, 0.5) is 11.4 Å². The van der Waals surface area contributed by atoms with Gasteiger partial charge in [-0.3, -0.25) is 0 Å². The summed E-state index contributed by atoms with van der Waals surface area (Å²) in [5.41, 5.74) is 18.4. The molecular weight excluding hydrogens is 875 g/mol. The van der Waals surface area contributed by atoms with Gasteiger partial charge in [0.25, 0.3) is 0 Å². The summed E-state index contributed by atoms with van der Waals surface area (Å²) in [5.74, 6) is 0. The van der Waals surface area contributed by atoms with Crippen LogP contribution in [-0.4, -0.2) is 0 Å². The summed E-state index contributed by atoms with van der Waals surface area (Å²) in [6, 6.07) is 97.2. The van der Waals surface area contributed by atoms with Crippen LogP contribution in [0.25, 0.3) is 70.6 Å². The van der Waals surface area contributed by atoms with Crippen molar-refractivity contribution < 1.29 is 0 Å². The third kappa shape index (κ3) is 6.67. The molecule has 0 aliphatic heterocycles. The average Bonchev–Trinajstić information content (AvgIpc) is 3.99. The average molecular weight is 922 g/mol. The van der Waals surface area contributed by atoms with Crippen LogP contribution >= 0.6 is 11.3 Å². The Bertz CT molecular complexity index is 3970. The molecule has 0 radical (unpaired) electrons. The first-order valence-electron chi connectivity index (χ1n) is 24.8. The highest BCUT2D eigenvalue weighted by atomic mass is 32.1. The van der Waals surface area contributed by atoms with Crippen molar-refractivity contribution in [3.63, 3.8) is 0 Å². The second-order valence-corrected chi connectivity index (χ2v) is 20.1. The van der Waals surface area contributed by atoms with E-state index in [-0.39, 0.29) is 6.04 Å². The van der Waals surface area contributed by atoms with Gasteiger partial charge in [-0.25, -0.2) is 0 Å². The van der Waals surface area contributed by atoms with Crippen LogP contribution in [0.15, 0.2) is 267 Å². The third-order valence-corrected chi connectivity index (χ3v) is 16.5. The van der Waals surface area contributed by atoms with E-state index in [4.69, 9.17) is 0 Å². The zero-order valence-electron chi connectivity index (χ0n) is 39.0. The first-order valence-corrected chi connectivity index (χ1v) is 25.6. The smallest absolute Gasteiger partial charge is 0.0714 e. The highest BCUT2D eigenvalue weighted by molar-refractivity contribution is 7.20. The van der Waals surface area contributed by atoms with Gasteiger partial charge < -0.3 is 4.90 Å². The zero-order valence-corrected chi connectivity index (χ0v) is 39.9. The van der Waals surface area contributed by atoms with Crippen molar-refractivity contribution in [3.05, 3.63) is 305 Å². The Labute approximate surface area is 418 Å². The fourth-order valence-electron chi connectivity index (χ4n) is 12.1. The fourth-order valence-corrected chi connectivity index (χ4v) is 13.4. The molecule has 0 saturated heterocycles. The molecule has 0 saturated carbocycles. The van der Waals surface area contributed by atoms with Crippen molar-refractivity contribution in [2.75, 3.05) is 4.90 Å². The van der Waals surface area contributed by atoms with E-state index in [0.717, 1.165) is 12.1 Å². The predicted octanol–water partition coefficient (Wildman–Crippen LogP) is 18.6. The Morgan fingerprint density at radius 3 is 1.69 bits per heavy atom. The molecule has 1 unspecified atom stereocenters. The van der Waals surface area contributed by atoms with Crippen molar-refractivity contribution in [2.24, 2.45) is 0 Å². The minimum atomic E-state index is -0.521. The number of hydrogen-bond acceptors (Lipinski definition) is 2. The molecule has 1 heterocycles. The maximum absolute atomic E-state index is 2.66. The fraction of sp³-hybridized carbons (Fsp3) is 0.0435. The van der Waals surface area contributed by atoms with Crippen LogP contribution < -0.4 is 4.90 Å². The van der Waals surface area contributed by atoms with Gasteiger partial charge in [-0.15, -0.1) is 11.3 Å². The maximum Gasteiger partial charge on any atom is 0.0714 e. The molecule has 1 nitrogen and oxygen atoms in total. The van der Waals surface area contributed by atoms with Crippen LogP contribution in [0, 0.1) is 0 Å². The summed E-state index contributed by atoms with van der Waals surface area (Å²) in [5, 5.41) is 6.40. The summed E-state index contributed by atoms with van der Waals surface area (Å²) >= 11 is 1.93. The molecule has 334 valence electrons. The summed E-state index contributed by atoms with van der Waals surface area (Å²) in [4.78, 5) is 4.01. The molecular formula is C69H47NS. The Balaban J connectivity index is 0.950. The van der Waals surface area contributed by atoms with Gasteiger partial charge in [0.1, 0.15) is 0 Å². The predicted molar refractivity (Wildman–Crippen MR) is 301 cm³/mol. The van der Waals surface area contributed by atoms with E-state index < -0.39 is 5.41 Å².